The Morgan fingerprint density at radius 1 is 1.05 bits per heavy atom. The van der Waals surface area contributed by atoms with Crippen LogP contribution in [0.25, 0.3) is 0 Å². The molecule has 0 fully saturated rings. The van der Waals surface area contributed by atoms with Crippen molar-refractivity contribution in [2.75, 3.05) is 14.2 Å². The molecule has 0 saturated heterocycles. The first-order valence-corrected chi connectivity index (χ1v) is 7.09. The average molecular weight is 336 g/mol. The molecule has 0 spiro atoms. The Balaban J connectivity index is 2.44. The quantitative estimate of drug-likeness (QED) is 0.923. The monoisotopic (exact) mass is 335 g/mol. The minimum absolute atomic E-state index is 0.243. The van der Waals surface area contributed by atoms with Gasteiger partial charge in [0.25, 0.3) is 0 Å². The lowest BCUT2D eigenvalue weighted by Gasteiger charge is -2.18. The summed E-state index contributed by atoms with van der Waals surface area (Å²) < 4.78 is 11.6. The summed E-state index contributed by atoms with van der Waals surface area (Å²) in [5, 5.41) is 0. The Morgan fingerprint density at radius 3 is 2.40 bits per heavy atom. The SMILES string of the molecule is COc1ccc(C(N)c2cc(C)cc(Br)c2)c(OC)c1. The van der Waals surface area contributed by atoms with Gasteiger partial charge in [-0.1, -0.05) is 22.0 Å². The highest BCUT2D eigenvalue weighted by atomic mass is 79.9. The van der Waals surface area contributed by atoms with Crippen molar-refractivity contribution in [2.24, 2.45) is 5.73 Å². The fourth-order valence-corrected chi connectivity index (χ4v) is 2.82. The van der Waals surface area contributed by atoms with Gasteiger partial charge in [-0.25, -0.2) is 0 Å². The van der Waals surface area contributed by atoms with E-state index in [2.05, 4.69) is 28.1 Å². The van der Waals surface area contributed by atoms with Crippen LogP contribution in [0.4, 0.5) is 0 Å². The molecule has 0 aliphatic heterocycles. The second-order valence-electron chi connectivity index (χ2n) is 4.65. The van der Waals surface area contributed by atoms with Crippen molar-refractivity contribution >= 4 is 15.9 Å². The number of nitrogens with two attached hydrogens (primary N) is 1. The van der Waals surface area contributed by atoms with Gasteiger partial charge in [0.2, 0.25) is 0 Å². The molecule has 0 amide bonds. The first-order valence-electron chi connectivity index (χ1n) is 6.29. The minimum Gasteiger partial charge on any atom is -0.497 e. The third kappa shape index (κ3) is 3.14. The number of ether oxygens (including phenoxy) is 2. The van der Waals surface area contributed by atoms with Crippen LogP contribution in [-0.2, 0) is 0 Å². The summed E-state index contributed by atoms with van der Waals surface area (Å²) in [4.78, 5) is 0. The van der Waals surface area contributed by atoms with E-state index in [0.29, 0.717) is 0 Å². The second-order valence-corrected chi connectivity index (χ2v) is 5.56. The Kier molecular flexibility index (Phi) is 4.68. The molecule has 1 unspecified atom stereocenters. The van der Waals surface area contributed by atoms with Crippen LogP contribution in [0.3, 0.4) is 0 Å². The summed E-state index contributed by atoms with van der Waals surface area (Å²) in [5.41, 5.74) is 9.52. The number of halogens is 1. The number of hydrogen-bond donors (Lipinski definition) is 1. The van der Waals surface area contributed by atoms with E-state index in [0.717, 1.165) is 32.7 Å². The van der Waals surface area contributed by atoms with Crippen molar-refractivity contribution in [3.8, 4) is 11.5 Å². The summed E-state index contributed by atoms with van der Waals surface area (Å²) in [7, 11) is 3.27. The third-order valence-corrected chi connectivity index (χ3v) is 3.66. The molecule has 0 bridgehead atoms. The molecule has 0 aliphatic rings. The summed E-state index contributed by atoms with van der Waals surface area (Å²) in [6.07, 6.45) is 0. The third-order valence-electron chi connectivity index (χ3n) is 3.20. The van der Waals surface area contributed by atoms with Crippen LogP contribution >= 0.6 is 15.9 Å². The number of aryl methyl sites for hydroxylation is 1. The van der Waals surface area contributed by atoms with Crippen molar-refractivity contribution in [3.63, 3.8) is 0 Å². The van der Waals surface area contributed by atoms with Gasteiger partial charge in [0.1, 0.15) is 11.5 Å². The topological polar surface area (TPSA) is 44.5 Å². The van der Waals surface area contributed by atoms with Crippen molar-refractivity contribution in [1.29, 1.82) is 0 Å². The van der Waals surface area contributed by atoms with Crippen molar-refractivity contribution in [3.05, 3.63) is 57.6 Å². The van der Waals surface area contributed by atoms with E-state index >= 15 is 0 Å². The number of benzene rings is 2. The van der Waals surface area contributed by atoms with Crippen LogP contribution in [0.5, 0.6) is 11.5 Å². The Bertz CT molecular complexity index is 593. The molecular formula is C16H18BrNO2. The first kappa shape index (κ1) is 14.9. The van der Waals surface area contributed by atoms with Crippen LogP contribution in [0, 0.1) is 6.92 Å². The van der Waals surface area contributed by atoms with Crippen LogP contribution in [0.2, 0.25) is 0 Å². The summed E-state index contributed by atoms with van der Waals surface area (Å²) >= 11 is 3.51. The molecule has 3 nitrogen and oxygen atoms in total. The van der Waals surface area contributed by atoms with Crippen molar-refractivity contribution in [1.82, 2.24) is 0 Å². The zero-order valence-electron chi connectivity index (χ0n) is 11.8. The standard InChI is InChI=1S/C16H18BrNO2/c1-10-6-11(8-12(17)7-10)16(18)14-5-4-13(19-2)9-15(14)20-3/h4-9,16H,18H2,1-3H3. The number of methoxy groups -OCH3 is 2. The molecule has 20 heavy (non-hydrogen) atoms. The molecular weight excluding hydrogens is 318 g/mol. The summed E-state index contributed by atoms with van der Waals surface area (Å²) in [6.45, 7) is 2.05. The zero-order valence-corrected chi connectivity index (χ0v) is 13.4. The van der Waals surface area contributed by atoms with E-state index in [1.54, 1.807) is 14.2 Å². The lowest BCUT2D eigenvalue weighted by Crippen LogP contribution is -2.13. The van der Waals surface area contributed by atoms with Crippen molar-refractivity contribution < 1.29 is 9.47 Å². The largest absolute Gasteiger partial charge is 0.497 e. The average Bonchev–Trinajstić information content (AvgIpc) is 2.44. The summed E-state index contributed by atoms with van der Waals surface area (Å²) in [6, 6.07) is 11.6. The van der Waals surface area contributed by atoms with E-state index in [-0.39, 0.29) is 6.04 Å². The highest BCUT2D eigenvalue weighted by molar-refractivity contribution is 9.10. The van der Waals surface area contributed by atoms with Gasteiger partial charge in [-0.2, -0.15) is 0 Å². The fourth-order valence-electron chi connectivity index (χ4n) is 2.20. The number of rotatable bonds is 4. The normalized spacial score (nSPS) is 12.1. The van der Waals surface area contributed by atoms with Crippen LogP contribution in [0.15, 0.2) is 40.9 Å². The molecule has 2 rings (SSSR count). The van der Waals surface area contributed by atoms with Crippen LogP contribution < -0.4 is 15.2 Å². The molecule has 0 aliphatic carbocycles. The van der Waals surface area contributed by atoms with Gasteiger partial charge in [0.15, 0.2) is 0 Å². The predicted octanol–water partition coefficient (Wildman–Crippen LogP) is 3.82. The lowest BCUT2D eigenvalue weighted by atomic mass is 9.97. The van der Waals surface area contributed by atoms with Crippen LogP contribution in [0.1, 0.15) is 22.7 Å². The molecule has 0 saturated carbocycles. The first-order chi connectivity index (χ1) is 9.55. The molecule has 1 atom stereocenters. The van der Waals surface area contributed by atoms with Gasteiger partial charge >= 0.3 is 0 Å². The molecule has 0 aromatic heterocycles. The molecule has 4 heteroatoms. The maximum atomic E-state index is 6.38. The lowest BCUT2D eigenvalue weighted by molar-refractivity contribution is 0.390. The van der Waals surface area contributed by atoms with E-state index in [1.165, 1.54) is 0 Å². The Hall–Kier alpha value is -1.52. The van der Waals surface area contributed by atoms with Gasteiger partial charge in [0, 0.05) is 16.1 Å². The molecule has 0 radical (unpaired) electrons. The maximum Gasteiger partial charge on any atom is 0.127 e. The minimum atomic E-state index is -0.243. The Morgan fingerprint density at radius 2 is 1.80 bits per heavy atom. The van der Waals surface area contributed by atoms with Gasteiger partial charge < -0.3 is 15.2 Å². The smallest absolute Gasteiger partial charge is 0.127 e. The van der Waals surface area contributed by atoms with Gasteiger partial charge in [0.05, 0.1) is 20.3 Å². The van der Waals surface area contributed by atoms with Gasteiger partial charge in [-0.05, 0) is 42.3 Å². The van der Waals surface area contributed by atoms with Gasteiger partial charge in [-0.3, -0.25) is 0 Å². The highest BCUT2D eigenvalue weighted by Crippen LogP contribution is 2.32. The Labute approximate surface area is 127 Å². The summed E-state index contributed by atoms with van der Waals surface area (Å²) in [5.74, 6) is 1.48. The van der Waals surface area contributed by atoms with Crippen molar-refractivity contribution in [2.45, 2.75) is 13.0 Å². The van der Waals surface area contributed by atoms with E-state index < -0.39 is 0 Å². The fraction of sp³-hybridized carbons (Fsp3) is 0.250. The van der Waals surface area contributed by atoms with Crippen LogP contribution in [-0.4, -0.2) is 14.2 Å². The maximum absolute atomic E-state index is 6.38. The number of hydrogen-bond acceptors (Lipinski definition) is 3. The second kappa shape index (κ2) is 6.29. The molecule has 2 N–H and O–H groups in total. The molecule has 106 valence electrons. The predicted molar refractivity (Wildman–Crippen MR) is 84.5 cm³/mol. The molecule has 2 aromatic carbocycles. The highest BCUT2D eigenvalue weighted by Gasteiger charge is 2.15. The molecule has 0 heterocycles. The van der Waals surface area contributed by atoms with Gasteiger partial charge in [-0.15, -0.1) is 0 Å². The van der Waals surface area contributed by atoms with E-state index in [9.17, 15) is 0 Å². The van der Waals surface area contributed by atoms with E-state index in [4.69, 9.17) is 15.2 Å². The zero-order chi connectivity index (χ0) is 14.7. The molecule has 2 aromatic rings. The van der Waals surface area contributed by atoms with E-state index in [1.807, 2.05) is 31.2 Å².